The maximum atomic E-state index is 14.4. The second kappa shape index (κ2) is 9.34. The van der Waals surface area contributed by atoms with Gasteiger partial charge in [-0.3, -0.25) is 14.6 Å². The first kappa shape index (κ1) is 25.6. The lowest BCUT2D eigenvalue weighted by molar-refractivity contribution is 0.102. The summed E-state index contributed by atoms with van der Waals surface area (Å²) < 4.78 is 29.3. The number of nitrogens with two attached hydrogens (primary N) is 1. The van der Waals surface area contributed by atoms with Crippen molar-refractivity contribution in [2.75, 3.05) is 29.0 Å². The third-order valence-corrected chi connectivity index (χ3v) is 6.97. The van der Waals surface area contributed by atoms with Crippen LogP contribution in [0.5, 0.6) is 0 Å². The average Bonchev–Trinajstić information content (AvgIpc) is 3.48. The van der Waals surface area contributed by atoms with E-state index in [1.54, 1.807) is 18.3 Å². The molecule has 0 unspecified atom stereocenters. The average molecular weight is 521 g/mol. The number of nitrogens with zero attached hydrogens (tertiary/aromatic N) is 4. The molecule has 1 saturated heterocycles. The number of benzene rings is 2. The number of hydrogen-bond acceptors (Lipinski definition) is 6. The molecule has 3 aromatic rings. The third kappa shape index (κ3) is 5.03. The molecule has 1 aromatic heterocycles. The fraction of sp³-hybridized carbons (Fsp3) is 0.357. The molecule has 8 nitrogen and oxygen atoms in total. The molecule has 0 atom stereocenters. The quantitative estimate of drug-likeness (QED) is 0.379. The van der Waals surface area contributed by atoms with Crippen molar-refractivity contribution >= 4 is 29.2 Å². The number of anilines is 3. The van der Waals surface area contributed by atoms with Crippen molar-refractivity contribution in [3.05, 3.63) is 75.7 Å². The summed E-state index contributed by atoms with van der Waals surface area (Å²) in [6.07, 6.45) is 5.16. The summed E-state index contributed by atoms with van der Waals surface area (Å²) in [6.45, 7) is 7.63. The van der Waals surface area contributed by atoms with Crippen molar-refractivity contribution in [2.45, 2.75) is 45.6 Å². The molecule has 1 aliphatic carbocycles. The number of rotatable bonds is 5. The number of nitrogens with one attached hydrogen (secondary N) is 1. The number of aliphatic imine (C=N–C) groups is 1. The molecule has 198 valence electrons. The molecule has 0 bridgehead atoms. The van der Waals surface area contributed by atoms with Gasteiger partial charge in [0.15, 0.2) is 11.6 Å². The van der Waals surface area contributed by atoms with Crippen molar-refractivity contribution in [3.63, 3.8) is 0 Å². The lowest BCUT2D eigenvalue weighted by Gasteiger charge is -2.26. The highest BCUT2D eigenvalue weighted by molar-refractivity contribution is 6.08. The van der Waals surface area contributed by atoms with Gasteiger partial charge < -0.3 is 16.0 Å². The Kier molecular flexibility index (Phi) is 6.28. The van der Waals surface area contributed by atoms with Crippen LogP contribution in [-0.4, -0.2) is 40.5 Å². The Morgan fingerprint density at radius 2 is 1.79 bits per heavy atom. The van der Waals surface area contributed by atoms with Gasteiger partial charge in [-0.2, -0.15) is 9.78 Å². The summed E-state index contributed by atoms with van der Waals surface area (Å²) in [6, 6.07) is 8.92. The summed E-state index contributed by atoms with van der Waals surface area (Å²) in [7, 11) is 0. The van der Waals surface area contributed by atoms with Crippen molar-refractivity contribution in [1.82, 2.24) is 9.78 Å². The van der Waals surface area contributed by atoms with E-state index in [0.717, 1.165) is 43.4 Å². The summed E-state index contributed by atoms with van der Waals surface area (Å²) in [5.74, 6) is -2.58. The molecular formula is C28H30F2N6O2. The Labute approximate surface area is 219 Å². The molecule has 2 fully saturated rings. The second-order valence-corrected chi connectivity index (χ2v) is 11.1. The van der Waals surface area contributed by atoms with Crippen molar-refractivity contribution in [1.29, 1.82) is 0 Å². The van der Waals surface area contributed by atoms with Crippen LogP contribution < -0.4 is 21.5 Å². The molecule has 1 amide bonds. The zero-order valence-electron chi connectivity index (χ0n) is 21.6. The predicted octanol–water partition coefficient (Wildman–Crippen LogP) is 4.55. The first-order chi connectivity index (χ1) is 18.0. The van der Waals surface area contributed by atoms with E-state index >= 15 is 0 Å². The van der Waals surface area contributed by atoms with Gasteiger partial charge in [0, 0.05) is 36.6 Å². The second-order valence-electron chi connectivity index (χ2n) is 11.1. The van der Waals surface area contributed by atoms with Crippen LogP contribution in [0.3, 0.4) is 0 Å². The molecule has 10 heteroatoms. The molecule has 2 heterocycles. The van der Waals surface area contributed by atoms with Crippen LogP contribution in [0.15, 0.2) is 52.3 Å². The molecule has 5 rings (SSSR count). The van der Waals surface area contributed by atoms with E-state index in [-0.39, 0.29) is 11.2 Å². The maximum absolute atomic E-state index is 14.4. The van der Waals surface area contributed by atoms with Crippen LogP contribution in [0.1, 0.15) is 56.1 Å². The smallest absolute Gasteiger partial charge is 0.276 e. The van der Waals surface area contributed by atoms with Crippen LogP contribution in [0.25, 0.3) is 5.69 Å². The molecule has 1 aliphatic heterocycles. The van der Waals surface area contributed by atoms with Crippen LogP contribution >= 0.6 is 0 Å². The van der Waals surface area contributed by atoms with Gasteiger partial charge in [-0.25, -0.2) is 8.78 Å². The van der Waals surface area contributed by atoms with Crippen molar-refractivity contribution in [3.8, 4) is 5.69 Å². The van der Waals surface area contributed by atoms with Crippen molar-refractivity contribution in [2.24, 2.45) is 10.4 Å². The lowest BCUT2D eigenvalue weighted by Crippen LogP contribution is -2.28. The van der Waals surface area contributed by atoms with Gasteiger partial charge in [0.05, 0.1) is 16.9 Å². The number of hydrogen-bond donors (Lipinski definition) is 2. The van der Waals surface area contributed by atoms with Gasteiger partial charge in [-0.15, -0.1) is 0 Å². The summed E-state index contributed by atoms with van der Waals surface area (Å²) in [5, 5.41) is 6.86. The van der Waals surface area contributed by atoms with Gasteiger partial charge in [-0.1, -0.05) is 6.07 Å². The maximum Gasteiger partial charge on any atom is 0.276 e. The number of carbonyl (C=O) groups is 1. The number of nitrogen functional groups attached to an aromatic ring is 1. The number of halogens is 2. The van der Waals surface area contributed by atoms with E-state index in [1.807, 2.05) is 20.8 Å². The Morgan fingerprint density at radius 3 is 2.42 bits per heavy atom. The Balaban J connectivity index is 1.54. The summed E-state index contributed by atoms with van der Waals surface area (Å²) in [4.78, 5) is 32.6. The van der Waals surface area contributed by atoms with Gasteiger partial charge in [0.25, 0.3) is 11.5 Å². The van der Waals surface area contributed by atoms with E-state index < -0.39 is 28.8 Å². The fourth-order valence-electron chi connectivity index (χ4n) is 4.74. The van der Waals surface area contributed by atoms with Gasteiger partial charge in [-0.05, 0) is 75.8 Å². The minimum absolute atomic E-state index is 0.181. The highest BCUT2D eigenvalue weighted by Gasteiger charge is 2.48. The SMILES string of the molecule is CC(C)(C)N=Cc1c(N)ccc(NC(=O)c2ccc(=O)n(-c3c(F)cccc3F)n2)c1N1CCC2(CC2)C1. The largest absolute Gasteiger partial charge is 0.398 e. The van der Waals surface area contributed by atoms with Crippen LogP contribution in [0.4, 0.5) is 25.8 Å². The number of para-hydroxylation sites is 1. The number of carbonyl (C=O) groups excluding carboxylic acids is 1. The monoisotopic (exact) mass is 520 g/mol. The predicted molar refractivity (Wildman–Crippen MR) is 144 cm³/mol. The number of amides is 1. The topological polar surface area (TPSA) is 106 Å². The van der Waals surface area contributed by atoms with Crippen LogP contribution in [0.2, 0.25) is 0 Å². The molecule has 38 heavy (non-hydrogen) atoms. The lowest BCUT2D eigenvalue weighted by atomic mass is 10.1. The zero-order valence-corrected chi connectivity index (χ0v) is 21.6. The van der Waals surface area contributed by atoms with Gasteiger partial charge in [0.2, 0.25) is 0 Å². The standard InChI is InChI=1S/C28H30F2N6O2/c1-27(2,3)32-15-17-20(31)7-8-21(24(17)35-14-13-28(16-35)11-12-28)33-26(38)22-9-10-23(37)36(34-22)25-18(29)5-4-6-19(25)30/h4-10,15H,11-14,16,31H2,1-3H3,(H,33,38). The first-order valence-corrected chi connectivity index (χ1v) is 12.6. The summed E-state index contributed by atoms with van der Waals surface area (Å²) in [5.41, 5.74) is 7.29. The Hall–Kier alpha value is -4.08. The van der Waals surface area contributed by atoms with E-state index in [9.17, 15) is 18.4 Å². The third-order valence-electron chi connectivity index (χ3n) is 6.97. The van der Waals surface area contributed by atoms with E-state index in [2.05, 4.69) is 20.3 Å². The van der Waals surface area contributed by atoms with E-state index in [1.165, 1.54) is 25.0 Å². The summed E-state index contributed by atoms with van der Waals surface area (Å²) >= 11 is 0. The molecule has 1 spiro atoms. The van der Waals surface area contributed by atoms with Gasteiger partial charge >= 0.3 is 0 Å². The highest BCUT2D eigenvalue weighted by Crippen LogP contribution is 2.54. The zero-order chi connectivity index (χ0) is 27.2. The Morgan fingerprint density at radius 1 is 1.08 bits per heavy atom. The molecule has 1 saturated carbocycles. The van der Waals surface area contributed by atoms with E-state index in [4.69, 9.17) is 5.73 Å². The minimum Gasteiger partial charge on any atom is -0.398 e. The minimum atomic E-state index is -0.969. The first-order valence-electron chi connectivity index (χ1n) is 12.6. The number of aromatic nitrogens is 2. The van der Waals surface area contributed by atoms with Crippen LogP contribution in [0, 0.1) is 17.0 Å². The fourth-order valence-corrected chi connectivity index (χ4v) is 4.74. The van der Waals surface area contributed by atoms with Crippen LogP contribution in [-0.2, 0) is 0 Å². The Bertz CT molecular complexity index is 1480. The highest BCUT2D eigenvalue weighted by atomic mass is 19.1. The normalized spacial score (nSPS) is 16.4. The van der Waals surface area contributed by atoms with Gasteiger partial charge in [0.1, 0.15) is 11.4 Å². The van der Waals surface area contributed by atoms with Crippen molar-refractivity contribution < 1.29 is 13.6 Å². The molecule has 3 N–H and O–H groups in total. The molecular weight excluding hydrogens is 490 g/mol. The molecule has 2 aliphatic rings. The molecule has 2 aromatic carbocycles. The molecule has 0 radical (unpaired) electrons. The van der Waals surface area contributed by atoms with E-state index in [0.29, 0.717) is 27.0 Å².